The highest BCUT2D eigenvalue weighted by atomic mass is 31.2. The molecule has 5 heteroatoms. The van der Waals surface area contributed by atoms with Crippen molar-refractivity contribution in [3.63, 3.8) is 0 Å². The summed E-state index contributed by atoms with van der Waals surface area (Å²) in [7, 11) is 1.28. The quantitative estimate of drug-likeness (QED) is 0.768. The largest absolute Gasteiger partial charge is 0.310 e. The van der Waals surface area contributed by atoms with Gasteiger partial charge in [-0.25, -0.2) is 9.34 Å². The lowest BCUT2D eigenvalue weighted by Gasteiger charge is -2.35. The minimum atomic E-state index is -2.58. The van der Waals surface area contributed by atoms with Crippen LogP contribution in [0, 0.1) is 0 Å². The van der Waals surface area contributed by atoms with Crippen molar-refractivity contribution in [3.8, 4) is 0 Å². The number of hydrogen-bond acceptors (Lipinski definition) is 1. The van der Waals surface area contributed by atoms with Crippen LogP contribution in [0.1, 0.15) is 12.8 Å². The molecule has 2 atom stereocenters. The van der Waals surface area contributed by atoms with Crippen molar-refractivity contribution in [2.45, 2.75) is 18.9 Å². The lowest BCUT2D eigenvalue weighted by atomic mass is 10.2. The Hall–Kier alpha value is -0.830. The van der Waals surface area contributed by atoms with E-state index in [1.54, 1.807) is 0 Å². The fourth-order valence-corrected chi connectivity index (χ4v) is 6.12. The average molecular weight is 265 g/mol. The summed E-state index contributed by atoms with van der Waals surface area (Å²) in [6.45, 7) is 1.85. The summed E-state index contributed by atoms with van der Waals surface area (Å²) in [5.74, 6) is 0. The van der Waals surface area contributed by atoms with Crippen LogP contribution in [0.4, 0.5) is 5.69 Å². The highest BCUT2D eigenvalue weighted by Crippen LogP contribution is 2.63. The summed E-state index contributed by atoms with van der Waals surface area (Å²) in [6.07, 6.45) is 2.34. The summed E-state index contributed by atoms with van der Waals surface area (Å²) in [5, 5.41) is 0. The molecule has 0 saturated carbocycles. The standard InChI is InChI=1S/C13H20N3OP/c1-14(2)18(17)15-10-6-9-13(15)11-16(18)12-7-4-3-5-8-12/h3-5,7-8,13H,6,9-11H2,1-2H3/t13-,18+/m0/s1. The molecule has 1 aromatic rings. The maximum atomic E-state index is 13.4. The first kappa shape index (κ1) is 12.2. The number of fused-ring (bicyclic) bond motifs is 1. The van der Waals surface area contributed by atoms with Gasteiger partial charge in [0.2, 0.25) is 0 Å². The third kappa shape index (κ3) is 1.63. The molecule has 2 fully saturated rings. The van der Waals surface area contributed by atoms with E-state index >= 15 is 0 Å². The number of nitrogens with zero attached hydrogens (tertiary/aromatic N) is 3. The van der Waals surface area contributed by atoms with Crippen LogP contribution in [0.25, 0.3) is 0 Å². The molecular formula is C13H20N3OP. The second kappa shape index (κ2) is 4.37. The van der Waals surface area contributed by atoms with Crippen LogP contribution in [0.3, 0.4) is 0 Å². The van der Waals surface area contributed by atoms with Crippen molar-refractivity contribution in [3.05, 3.63) is 30.3 Å². The van der Waals surface area contributed by atoms with Gasteiger partial charge in [0.1, 0.15) is 0 Å². The zero-order valence-electron chi connectivity index (χ0n) is 11.0. The molecule has 2 heterocycles. The predicted octanol–water partition coefficient (Wildman–Crippen LogP) is 2.64. The van der Waals surface area contributed by atoms with E-state index in [9.17, 15) is 4.57 Å². The SMILES string of the molecule is CN(C)[P@]1(=O)N(c2ccccc2)C[C@@H]2CCCN21. The highest BCUT2D eigenvalue weighted by molar-refractivity contribution is 7.61. The van der Waals surface area contributed by atoms with Gasteiger partial charge in [-0.15, -0.1) is 0 Å². The third-order valence-electron chi connectivity index (χ3n) is 3.95. The number of benzene rings is 1. The molecule has 0 aliphatic carbocycles. The molecule has 0 amide bonds. The second-order valence-electron chi connectivity index (χ2n) is 5.24. The summed E-state index contributed by atoms with van der Waals surface area (Å²) in [5.41, 5.74) is 1.07. The maximum absolute atomic E-state index is 13.4. The molecule has 0 unspecified atom stereocenters. The monoisotopic (exact) mass is 265 g/mol. The number of hydrogen-bond donors (Lipinski definition) is 0. The van der Waals surface area contributed by atoms with Gasteiger partial charge in [-0.1, -0.05) is 18.2 Å². The van der Waals surface area contributed by atoms with Crippen LogP contribution in [-0.2, 0) is 4.57 Å². The van der Waals surface area contributed by atoms with Gasteiger partial charge in [-0.2, -0.15) is 0 Å². The van der Waals surface area contributed by atoms with E-state index in [2.05, 4.69) is 21.5 Å². The van der Waals surface area contributed by atoms with Crippen LogP contribution in [0.15, 0.2) is 30.3 Å². The van der Waals surface area contributed by atoms with Crippen molar-refractivity contribution in [1.82, 2.24) is 9.34 Å². The molecule has 2 saturated heterocycles. The first-order valence-electron chi connectivity index (χ1n) is 6.52. The molecule has 0 radical (unpaired) electrons. The average Bonchev–Trinajstić information content (AvgIpc) is 2.93. The molecule has 0 aromatic heterocycles. The van der Waals surface area contributed by atoms with Gasteiger partial charge in [0.15, 0.2) is 0 Å². The summed E-state index contributed by atoms with van der Waals surface area (Å²) < 4.78 is 19.7. The van der Waals surface area contributed by atoms with E-state index in [0.717, 1.165) is 18.8 Å². The van der Waals surface area contributed by atoms with Crippen molar-refractivity contribution in [1.29, 1.82) is 0 Å². The Labute approximate surface area is 109 Å². The molecule has 18 heavy (non-hydrogen) atoms. The Kier molecular flexibility index (Phi) is 2.97. The lowest BCUT2D eigenvalue weighted by molar-refractivity contribution is 0.395. The van der Waals surface area contributed by atoms with E-state index in [0.29, 0.717) is 6.04 Å². The van der Waals surface area contributed by atoms with Crippen LogP contribution in [0.2, 0.25) is 0 Å². The van der Waals surface area contributed by atoms with E-state index in [1.165, 1.54) is 12.8 Å². The van der Waals surface area contributed by atoms with Gasteiger partial charge < -0.3 is 0 Å². The van der Waals surface area contributed by atoms with Crippen LogP contribution in [0.5, 0.6) is 0 Å². The normalized spacial score (nSPS) is 32.2. The molecule has 1 aromatic carbocycles. The Bertz CT molecular complexity index is 476. The molecule has 0 N–H and O–H groups in total. The molecule has 98 valence electrons. The van der Waals surface area contributed by atoms with Crippen LogP contribution >= 0.6 is 7.59 Å². The fraction of sp³-hybridized carbons (Fsp3) is 0.538. The lowest BCUT2D eigenvalue weighted by Crippen LogP contribution is -2.28. The van der Waals surface area contributed by atoms with Gasteiger partial charge in [0, 0.05) is 24.8 Å². The minimum Gasteiger partial charge on any atom is -0.297 e. The zero-order chi connectivity index (χ0) is 12.8. The van der Waals surface area contributed by atoms with Crippen LogP contribution < -0.4 is 4.67 Å². The van der Waals surface area contributed by atoms with Gasteiger partial charge in [-0.05, 0) is 39.1 Å². The zero-order valence-corrected chi connectivity index (χ0v) is 11.9. The highest BCUT2D eigenvalue weighted by Gasteiger charge is 2.52. The maximum Gasteiger partial charge on any atom is 0.310 e. The van der Waals surface area contributed by atoms with Crippen molar-refractivity contribution < 1.29 is 4.57 Å². The van der Waals surface area contributed by atoms with Crippen molar-refractivity contribution >= 4 is 13.3 Å². The van der Waals surface area contributed by atoms with Gasteiger partial charge in [0.05, 0.1) is 0 Å². The Morgan fingerprint density at radius 2 is 2.00 bits per heavy atom. The smallest absolute Gasteiger partial charge is 0.297 e. The van der Waals surface area contributed by atoms with Gasteiger partial charge in [-0.3, -0.25) is 9.24 Å². The Morgan fingerprint density at radius 1 is 1.28 bits per heavy atom. The molecule has 0 spiro atoms. The second-order valence-corrected chi connectivity index (χ2v) is 8.06. The van der Waals surface area contributed by atoms with Crippen LogP contribution in [-0.4, -0.2) is 42.6 Å². The topological polar surface area (TPSA) is 26.8 Å². The molecule has 2 aliphatic heterocycles. The Balaban J connectivity index is 2.02. The number of rotatable bonds is 2. The van der Waals surface area contributed by atoms with Crippen molar-refractivity contribution in [2.75, 3.05) is 31.9 Å². The fourth-order valence-electron chi connectivity index (χ4n) is 3.10. The molecule has 0 bridgehead atoms. The van der Waals surface area contributed by atoms with Gasteiger partial charge in [0.25, 0.3) is 0 Å². The first-order valence-corrected chi connectivity index (χ1v) is 8.08. The van der Waals surface area contributed by atoms with E-state index in [-0.39, 0.29) is 0 Å². The van der Waals surface area contributed by atoms with Crippen molar-refractivity contribution in [2.24, 2.45) is 0 Å². The minimum absolute atomic E-state index is 0.457. The number of anilines is 1. The third-order valence-corrected chi connectivity index (χ3v) is 7.22. The van der Waals surface area contributed by atoms with E-state index < -0.39 is 7.59 Å². The predicted molar refractivity (Wildman–Crippen MR) is 74.8 cm³/mol. The molecular weight excluding hydrogens is 245 g/mol. The Morgan fingerprint density at radius 3 is 2.67 bits per heavy atom. The first-order chi connectivity index (χ1) is 8.64. The molecule has 2 aliphatic rings. The summed E-state index contributed by atoms with van der Waals surface area (Å²) in [6, 6.07) is 10.6. The van der Waals surface area contributed by atoms with E-state index in [4.69, 9.17) is 0 Å². The molecule has 3 rings (SSSR count). The van der Waals surface area contributed by atoms with Gasteiger partial charge >= 0.3 is 7.59 Å². The summed E-state index contributed by atoms with van der Waals surface area (Å²) >= 11 is 0. The number of para-hydroxylation sites is 1. The van der Waals surface area contributed by atoms with E-state index in [1.807, 2.05) is 37.0 Å². The summed E-state index contributed by atoms with van der Waals surface area (Å²) in [4.78, 5) is 0. The molecule has 4 nitrogen and oxygen atoms in total.